The summed E-state index contributed by atoms with van der Waals surface area (Å²) >= 11 is 0. The summed E-state index contributed by atoms with van der Waals surface area (Å²) in [6.45, 7) is 10.1. The van der Waals surface area contributed by atoms with Crippen molar-refractivity contribution in [2.24, 2.45) is 11.8 Å². The molecule has 7 heteroatoms. The first kappa shape index (κ1) is 29.0. The molecule has 2 aromatic carbocycles. The quantitative estimate of drug-likeness (QED) is 0.422. The van der Waals surface area contributed by atoms with Crippen LogP contribution in [0.5, 0.6) is 0 Å². The number of carbonyl (C=O) groups excluding carboxylic acids is 2. The van der Waals surface area contributed by atoms with Crippen LogP contribution in [0, 0.1) is 24.6 Å². The molecule has 2 unspecified atom stereocenters. The maximum absolute atomic E-state index is 15.6. The molecule has 1 aliphatic carbocycles. The highest BCUT2D eigenvalue weighted by Gasteiger charge is 2.44. The number of hydrogen-bond donors (Lipinski definition) is 1. The Morgan fingerprint density at radius 2 is 1.71 bits per heavy atom. The molecule has 5 rings (SSSR count). The molecule has 0 bridgehead atoms. The zero-order valence-electron chi connectivity index (χ0n) is 24.6. The molecule has 2 aliphatic heterocycles. The Labute approximate surface area is 242 Å². The standard InChI is InChI=1S/C34H41F2N3O2/c1-22-10-7-14-27(35)30(22)33(41)39-19-9-13-26(32(40)37-25-12-8-11-24(21-25)34(2,3)4)31(39)23-15-16-29(28(36)20-23)38-17-5-6-18-38/h7-8,10-12,14-16,21,23,26,31H,5-6,9,13,17-20H2,1-4H3,(H,37,40)/t23?,26?,31-/m0/s1. The number of nitrogens with one attached hydrogen (secondary N) is 1. The van der Waals surface area contributed by atoms with E-state index < -0.39 is 29.6 Å². The van der Waals surface area contributed by atoms with E-state index in [1.54, 1.807) is 24.0 Å². The third-order valence-electron chi connectivity index (χ3n) is 8.80. The number of anilines is 1. The molecule has 0 aromatic heterocycles. The number of nitrogens with zero attached hydrogens (tertiary/aromatic N) is 2. The number of piperidine rings is 1. The van der Waals surface area contributed by atoms with Gasteiger partial charge in [0.1, 0.15) is 11.6 Å². The molecule has 3 aliphatic rings. The van der Waals surface area contributed by atoms with Crippen molar-refractivity contribution in [3.63, 3.8) is 0 Å². The summed E-state index contributed by atoms with van der Waals surface area (Å²) in [7, 11) is 0. The molecule has 41 heavy (non-hydrogen) atoms. The Bertz CT molecular complexity index is 1350. The van der Waals surface area contributed by atoms with E-state index in [4.69, 9.17) is 0 Å². The van der Waals surface area contributed by atoms with E-state index in [0.29, 0.717) is 36.3 Å². The van der Waals surface area contributed by atoms with Gasteiger partial charge in [-0.3, -0.25) is 9.59 Å². The zero-order chi connectivity index (χ0) is 29.3. The zero-order valence-corrected chi connectivity index (χ0v) is 24.6. The van der Waals surface area contributed by atoms with Crippen LogP contribution in [0.25, 0.3) is 0 Å². The number of hydrogen-bond acceptors (Lipinski definition) is 3. The second kappa shape index (κ2) is 11.8. The molecule has 3 atom stereocenters. The number of rotatable bonds is 5. The summed E-state index contributed by atoms with van der Waals surface area (Å²) in [5.41, 5.74) is 2.87. The summed E-state index contributed by atoms with van der Waals surface area (Å²) in [4.78, 5) is 31.6. The molecular formula is C34H41F2N3O2. The van der Waals surface area contributed by atoms with Crippen molar-refractivity contribution in [2.75, 3.05) is 25.0 Å². The van der Waals surface area contributed by atoms with Gasteiger partial charge in [0.25, 0.3) is 5.91 Å². The van der Waals surface area contributed by atoms with Crippen molar-refractivity contribution in [1.82, 2.24) is 9.80 Å². The second-order valence-electron chi connectivity index (χ2n) is 12.7. The maximum Gasteiger partial charge on any atom is 0.257 e. The number of amides is 2. The minimum Gasteiger partial charge on any atom is -0.369 e. The van der Waals surface area contributed by atoms with Gasteiger partial charge in [0, 0.05) is 37.7 Å². The molecule has 2 saturated heterocycles. The van der Waals surface area contributed by atoms with Gasteiger partial charge in [-0.25, -0.2) is 8.78 Å². The van der Waals surface area contributed by atoms with Crippen molar-refractivity contribution < 1.29 is 18.4 Å². The highest BCUT2D eigenvalue weighted by molar-refractivity contribution is 5.98. The molecule has 0 saturated carbocycles. The average molecular weight is 562 g/mol. The first-order chi connectivity index (χ1) is 19.5. The lowest BCUT2D eigenvalue weighted by molar-refractivity contribution is -0.123. The Hall–Kier alpha value is -3.48. The van der Waals surface area contributed by atoms with Crippen LogP contribution in [0.1, 0.15) is 74.4 Å². The highest BCUT2D eigenvalue weighted by atomic mass is 19.1. The Balaban J connectivity index is 1.47. The van der Waals surface area contributed by atoms with Crippen LogP contribution in [0.15, 0.2) is 66.1 Å². The van der Waals surface area contributed by atoms with Crippen LogP contribution in [-0.2, 0) is 10.2 Å². The van der Waals surface area contributed by atoms with Crippen molar-refractivity contribution in [1.29, 1.82) is 0 Å². The van der Waals surface area contributed by atoms with Crippen LogP contribution < -0.4 is 5.32 Å². The molecule has 0 spiro atoms. The summed E-state index contributed by atoms with van der Waals surface area (Å²) < 4.78 is 30.6. The summed E-state index contributed by atoms with van der Waals surface area (Å²) in [5, 5.41) is 3.09. The fourth-order valence-corrected chi connectivity index (χ4v) is 6.57. The van der Waals surface area contributed by atoms with Gasteiger partial charge in [-0.15, -0.1) is 0 Å². The predicted octanol–water partition coefficient (Wildman–Crippen LogP) is 7.14. The predicted molar refractivity (Wildman–Crippen MR) is 159 cm³/mol. The second-order valence-corrected chi connectivity index (χ2v) is 12.7. The number of allylic oxidation sites excluding steroid dienone is 2. The van der Waals surface area contributed by atoms with Crippen LogP contribution >= 0.6 is 0 Å². The van der Waals surface area contributed by atoms with Crippen LogP contribution in [0.2, 0.25) is 0 Å². The molecule has 2 heterocycles. The van der Waals surface area contributed by atoms with E-state index in [9.17, 15) is 14.0 Å². The van der Waals surface area contributed by atoms with Gasteiger partial charge >= 0.3 is 0 Å². The van der Waals surface area contributed by atoms with Crippen molar-refractivity contribution in [3.8, 4) is 0 Å². The first-order valence-electron chi connectivity index (χ1n) is 14.8. The van der Waals surface area contributed by atoms with Gasteiger partial charge in [0.2, 0.25) is 5.91 Å². The number of likely N-dealkylation sites (tertiary alicyclic amines) is 2. The van der Waals surface area contributed by atoms with Crippen molar-refractivity contribution in [3.05, 3.63) is 88.6 Å². The molecule has 1 N–H and O–H groups in total. The molecule has 2 aromatic rings. The Morgan fingerprint density at radius 3 is 2.39 bits per heavy atom. The molecule has 0 radical (unpaired) electrons. The van der Waals surface area contributed by atoms with E-state index in [0.717, 1.165) is 31.5 Å². The fourth-order valence-electron chi connectivity index (χ4n) is 6.57. The number of benzene rings is 2. The van der Waals surface area contributed by atoms with Gasteiger partial charge in [0.15, 0.2) is 0 Å². The molecule has 218 valence electrons. The van der Waals surface area contributed by atoms with Crippen LogP contribution in [0.3, 0.4) is 0 Å². The SMILES string of the molecule is Cc1cccc(F)c1C(=O)N1CCCC(C(=O)Nc2cccc(C(C)(C)C)c2)[C@@H]1C1C=CC(N2CCCC2)=C(F)C1. The largest absolute Gasteiger partial charge is 0.369 e. The molecule has 2 fully saturated rings. The lowest BCUT2D eigenvalue weighted by atomic mass is 9.77. The van der Waals surface area contributed by atoms with Crippen LogP contribution in [0.4, 0.5) is 14.5 Å². The summed E-state index contributed by atoms with van der Waals surface area (Å²) in [6.07, 6.45) is 7.13. The van der Waals surface area contributed by atoms with Crippen molar-refractivity contribution in [2.45, 2.75) is 71.3 Å². The van der Waals surface area contributed by atoms with Gasteiger partial charge in [-0.05, 0) is 73.4 Å². The van der Waals surface area contributed by atoms with E-state index in [-0.39, 0.29) is 29.1 Å². The number of aryl methyl sites for hydroxylation is 1. The third kappa shape index (κ3) is 6.09. The normalized spacial score (nSPS) is 23.2. The Morgan fingerprint density at radius 1 is 0.976 bits per heavy atom. The van der Waals surface area contributed by atoms with Gasteiger partial charge in [-0.1, -0.05) is 51.1 Å². The van der Waals surface area contributed by atoms with E-state index in [1.165, 1.54) is 6.07 Å². The minimum absolute atomic E-state index is 0.0185. The lowest BCUT2D eigenvalue weighted by Gasteiger charge is -2.45. The van der Waals surface area contributed by atoms with Gasteiger partial charge < -0.3 is 15.1 Å². The average Bonchev–Trinajstić information content (AvgIpc) is 3.47. The first-order valence-corrected chi connectivity index (χ1v) is 14.8. The molecule has 2 amide bonds. The Kier molecular flexibility index (Phi) is 8.35. The van der Waals surface area contributed by atoms with Gasteiger partial charge in [-0.2, -0.15) is 0 Å². The summed E-state index contributed by atoms with van der Waals surface area (Å²) in [6, 6.07) is 11.8. The van der Waals surface area contributed by atoms with E-state index in [1.807, 2.05) is 36.4 Å². The highest BCUT2D eigenvalue weighted by Crippen LogP contribution is 2.39. The van der Waals surface area contributed by atoms with Crippen molar-refractivity contribution >= 4 is 17.5 Å². The van der Waals surface area contributed by atoms with Crippen LogP contribution in [-0.4, -0.2) is 47.3 Å². The fraction of sp³-hybridized carbons (Fsp3) is 0.471. The van der Waals surface area contributed by atoms with Gasteiger partial charge in [0.05, 0.1) is 23.2 Å². The molecular weight excluding hydrogens is 520 g/mol. The van der Waals surface area contributed by atoms with E-state index in [2.05, 4.69) is 31.0 Å². The minimum atomic E-state index is -0.608. The third-order valence-corrected chi connectivity index (χ3v) is 8.80. The van der Waals surface area contributed by atoms with E-state index >= 15 is 4.39 Å². The molecule has 5 nitrogen and oxygen atoms in total. The topological polar surface area (TPSA) is 52.7 Å². The number of halogens is 2. The lowest BCUT2D eigenvalue weighted by Crippen LogP contribution is -2.55. The summed E-state index contributed by atoms with van der Waals surface area (Å²) in [5.74, 6) is -2.42. The monoisotopic (exact) mass is 561 g/mol. The number of carbonyl (C=O) groups is 2. The smallest absolute Gasteiger partial charge is 0.257 e. The maximum atomic E-state index is 15.6.